The van der Waals surface area contributed by atoms with Crippen LogP contribution < -0.4 is 0 Å². The van der Waals surface area contributed by atoms with Crippen molar-refractivity contribution >= 4 is 8.32 Å². The predicted molar refractivity (Wildman–Crippen MR) is 62.3 cm³/mol. The van der Waals surface area contributed by atoms with Gasteiger partial charge in [-0.1, -0.05) is 41.5 Å². The van der Waals surface area contributed by atoms with Gasteiger partial charge in [-0.25, -0.2) is 5.11 Å². The van der Waals surface area contributed by atoms with Crippen LogP contribution in [-0.4, -0.2) is 14.6 Å². The smallest absolute Gasteiger partial charge is 0.203 e. The zero-order valence-corrected chi connectivity index (χ0v) is 11.6. The Hall–Kier alpha value is 0.137. The van der Waals surface area contributed by atoms with Gasteiger partial charge in [0.05, 0.1) is 0 Å². The first-order valence-electron chi connectivity index (χ1n) is 5.58. The highest BCUT2D eigenvalue weighted by molar-refractivity contribution is 6.77. The van der Waals surface area contributed by atoms with E-state index in [9.17, 15) is 5.11 Å². The minimum Gasteiger partial charge on any atom is -0.390 e. The Balaban J connectivity index is 4.95. The van der Waals surface area contributed by atoms with E-state index in [-0.39, 0.29) is 0 Å². The molecule has 0 spiro atoms. The molecule has 0 aromatic carbocycles. The van der Waals surface area contributed by atoms with Crippen molar-refractivity contribution in [1.82, 2.24) is 0 Å². The molecule has 0 rings (SSSR count). The summed E-state index contributed by atoms with van der Waals surface area (Å²) in [5, 5.41) is 11.3. The largest absolute Gasteiger partial charge is 0.390 e. The Labute approximate surface area is 89.8 Å². The zero-order chi connectivity index (χ0) is 11.5. The highest BCUT2D eigenvalue weighted by Gasteiger charge is 2.46. The average Bonchev–Trinajstić information content (AvgIpc) is 1.97. The second-order valence-corrected chi connectivity index (χ2v) is 10.4. The SMILES string of the molecule is CC([O])O[Si](C(C)C)(C(C)C)C(C)C. The Morgan fingerprint density at radius 3 is 1.14 bits per heavy atom. The van der Waals surface area contributed by atoms with Gasteiger partial charge in [0.15, 0.2) is 6.29 Å². The van der Waals surface area contributed by atoms with E-state index in [1.165, 1.54) is 0 Å². The van der Waals surface area contributed by atoms with Gasteiger partial charge in [-0.3, -0.25) is 0 Å². The topological polar surface area (TPSA) is 29.1 Å². The van der Waals surface area contributed by atoms with Crippen molar-refractivity contribution in [3.05, 3.63) is 0 Å². The highest BCUT2D eigenvalue weighted by Crippen LogP contribution is 2.42. The quantitative estimate of drug-likeness (QED) is 0.506. The van der Waals surface area contributed by atoms with Crippen molar-refractivity contribution in [2.75, 3.05) is 0 Å². The molecule has 1 atom stereocenters. The molecule has 0 fully saturated rings. The molecule has 0 saturated heterocycles. The molecule has 0 aromatic heterocycles. The summed E-state index contributed by atoms with van der Waals surface area (Å²) in [6.45, 7) is 14.7. The third kappa shape index (κ3) is 2.81. The van der Waals surface area contributed by atoms with Crippen LogP contribution >= 0.6 is 0 Å². The maximum absolute atomic E-state index is 11.3. The van der Waals surface area contributed by atoms with Crippen molar-refractivity contribution < 1.29 is 9.53 Å². The Morgan fingerprint density at radius 2 is 1.07 bits per heavy atom. The summed E-state index contributed by atoms with van der Waals surface area (Å²) in [7, 11) is -1.90. The number of rotatable bonds is 5. The lowest BCUT2D eigenvalue weighted by Gasteiger charge is -2.42. The van der Waals surface area contributed by atoms with Gasteiger partial charge in [0, 0.05) is 0 Å². The van der Waals surface area contributed by atoms with Gasteiger partial charge in [0.1, 0.15) is 0 Å². The fraction of sp³-hybridized carbons (Fsp3) is 1.00. The van der Waals surface area contributed by atoms with E-state index in [2.05, 4.69) is 41.5 Å². The van der Waals surface area contributed by atoms with Crippen LogP contribution in [0.1, 0.15) is 48.5 Å². The minimum absolute atomic E-state index is 0.499. The van der Waals surface area contributed by atoms with Crippen LogP contribution in [0, 0.1) is 0 Å². The molecule has 1 radical (unpaired) electrons. The second-order valence-electron chi connectivity index (χ2n) is 5.00. The maximum Gasteiger partial charge on any atom is 0.203 e. The second kappa shape index (κ2) is 5.28. The van der Waals surface area contributed by atoms with Gasteiger partial charge in [-0.15, -0.1) is 0 Å². The van der Waals surface area contributed by atoms with Gasteiger partial charge in [-0.2, -0.15) is 0 Å². The van der Waals surface area contributed by atoms with Crippen molar-refractivity contribution in [3.63, 3.8) is 0 Å². The molecule has 0 bridgehead atoms. The summed E-state index contributed by atoms with van der Waals surface area (Å²) in [6.07, 6.45) is -0.881. The molecule has 0 aliphatic carbocycles. The summed E-state index contributed by atoms with van der Waals surface area (Å²) >= 11 is 0. The molecule has 0 N–H and O–H groups in total. The van der Waals surface area contributed by atoms with Crippen LogP contribution in [-0.2, 0) is 9.53 Å². The molecular weight excluding hydrogens is 192 g/mol. The van der Waals surface area contributed by atoms with E-state index in [1.807, 2.05) is 0 Å². The molecule has 0 saturated carbocycles. The van der Waals surface area contributed by atoms with Crippen LogP contribution in [0.5, 0.6) is 0 Å². The fourth-order valence-corrected chi connectivity index (χ4v) is 8.09. The van der Waals surface area contributed by atoms with Crippen LogP contribution in [0.2, 0.25) is 16.6 Å². The normalized spacial score (nSPS) is 15.6. The van der Waals surface area contributed by atoms with Crippen LogP contribution in [0.15, 0.2) is 0 Å². The predicted octanol–water partition coefficient (Wildman–Crippen LogP) is 3.96. The van der Waals surface area contributed by atoms with Crippen molar-refractivity contribution in [1.29, 1.82) is 0 Å². The maximum atomic E-state index is 11.3. The van der Waals surface area contributed by atoms with E-state index in [0.717, 1.165) is 0 Å². The summed E-state index contributed by atoms with van der Waals surface area (Å²) in [6, 6.07) is 0. The lowest BCUT2D eigenvalue weighted by atomic mass is 10.5. The Kier molecular flexibility index (Phi) is 5.34. The van der Waals surface area contributed by atoms with Gasteiger partial charge < -0.3 is 4.43 Å². The molecule has 14 heavy (non-hydrogen) atoms. The molecule has 3 heteroatoms. The zero-order valence-electron chi connectivity index (χ0n) is 10.6. The van der Waals surface area contributed by atoms with E-state index >= 15 is 0 Å². The van der Waals surface area contributed by atoms with E-state index in [0.29, 0.717) is 16.6 Å². The Morgan fingerprint density at radius 1 is 0.786 bits per heavy atom. The molecule has 0 aromatic rings. The summed E-state index contributed by atoms with van der Waals surface area (Å²) in [4.78, 5) is 0. The molecular formula is C11H25O2Si. The molecule has 0 aliphatic heterocycles. The Bertz CT molecular complexity index is 143. The molecule has 0 heterocycles. The molecule has 0 aliphatic rings. The molecule has 0 amide bonds. The first kappa shape index (κ1) is 14.1. The standard InChI is InChI=1S/C11H25O2Si/c1-8(2)14(9(3)4,10(5)6)13-11(7)12/h8-11H,1-7H3. The van der Waals surface area contributed by atoms with Crippen molar-refractivity contribution in [3.8, 4) is 0 Å². The number of hydrogen-bond acceptors (Lipinski definition) is 1. The first-order chi connectivity index (χ1) is 6.25. The lowest BCUT2D eigenvalue weighted by Crippen LogP contribution is -2.49. The van der Waals surface area contributed by atoms with Crippen LogP contribution in [0.25, 0.3) is 0 Å². The molecule has 1 unspecified atom stereocenters. The third-order valence-corrected chi connectivity index (χ3v) is 9.23. The third-order valence-electron chi connectivity index (χ3n) is 3.08. The van der Waals surface area contributed by atoms with Crippen molar-refractivity contribution in [2.45, 2.75) is 71.4 Å². The van der Waals surface area contributed by atoms with Crippen LogP contribution in [0.3, 0.4) is 0 Å². The van der Waals surface area contributed by atoms with Gasteiger partial charge in [0.2, 0.25) is 8.32 Å². The van der Waals surface area contributed by atoms with E-state index in [4.69, 9.17) is 4.43 Å². The molecule has 85 valence electrons. The minimum atomic E-state index is -1.90. The lowest BCUT2D eigenvalue weighted by molar-refractivity contribution is -0.0671. The summed E-state index contributed by atoms with van der Waals surface area (Å²) < 4.78 is 5.81. The summed E-state index contributed by atoms with van der Waals surface area (Å²) in [5.74, 6) is 0. The summed E-state index contributed by atoms with van der Waals surface area (Å²) in [5.41, 5.74) is 1.50. The highest BCUT2D eigenvalue weighted by atomic mass is 28.4. The van der Waals surface area contributed by atoms with Gasteiger partial charge in [-0.05, 0) is 23.5 Å². The monoisotopic (exact) mass is 217 g/mol. The van der Waals surface area contributed by atoms with Gasteiger partial charge in [0.25, 0.3) is 0 Å². The van der Waals surface area contributed by atoms with Gasteiger partial charge >= 0.3 is 0 Å². The molecule has 2 nitrogen and oxygen atoms in total. The van der Waals surface area contributed by atoms with E-state index < -0.39 is 14.6 Å². The van der Waals surface area contributed by atoms with Crippen molar-refractivity contribution in [2.24, 2.45) is 0 Å². The average molecular weight is 217 g/mol. The van der Waals surface area contributed by atoms with E-state index in [1.54, 1.807) is 6.92 Å². The van der Waals surface area contributed by atoms with Crippen LogP contribution in [0.4, 0.5) is 0 Å². The first-order valence-corrected chi connectivity index (χ1v) is 7.72. The number of hydrogen-bond donors (Lipinski definition) is 0. The fourth-order valence-electron chi connectivity index (χ4n) is 2.70.